The molecule has 5 nitrogen and oxygen atoms in total. The first-order chi connectivity index (χ1) is 13.5. The molecule has 1 aromatic carbocycles. The van der Waals surface area contributed by atoms with E-state index in [4.69, 9.17) is 9.72 Å². The van der Waals surface area contributed by atoms with Crippen LogP contribution < -0.4 is 4.74 Å². The smallest absolute Gasteiger partial charge is 0.254 e. The highest BCUT2D eigenvalue weighted by atomic mass is 32.1. The Morgan fingerprint density at radius 2 is 2.07 bits per heavy atom. The van der Waals surface area contributed by atoms with Crippen LogP contribution in [-0.4, -0.2) is 33.4 Å². The van der Waals surface area contributed by atoms with Gasteiger partial charge in [0.05, 0.1) is 5.52 Å². The lowest BCUT2D eigenvalue weighted by Gasteiger charge is -2.28. The van der Waals surface area contributed by atoms with Gasteiger partial charge in [-0.15, -0.1) is 11.3 Å². The van der Waals surface area contributed by atoms with Crippen molar-refractivity contribution in [2.24, 2.45) is 7.05 Å². The normalized spacial score (nSPS) is 19.1. The van der Waals surface area contributed by atoms with Crippen LogP contribution in [-0.2, 0) is 13.5 Å². The summed E-state index contributed by atoms with van der Waals surface area (Å²) in [6, 6.07) is 4.18. The number of carbonyl (C=O) groups is 1. The summed E-state index contributed by atoms with van der Waals surface area (Å²) in [5, 5.41) is 2.12. The van der Waals surface area contributed by atoms with Gasteiger partial charge in [-0.3, -0.25) is 4.79 Å². The lowest BCUT2D eigenvalue weighted by molar-refractivity contribution is 0.0789. The highest BCUT2D eigenvalue weighted by molar-refractivity contribution is 7.10. The van der Waals surface area contributed by atoms with Crippen molar-refractivity contribution in [3.8, 4) is 5.75 Å². The Labute approximate surface area is 168 Å². The molecule has 6 heteroatoms. The number of fused-ring (bicyclic) bond motifs is 3. The average molecular weight is 396 g/mol. The van der Waals surface area contributed by atoms with Crippen LogP contribution in [0.15, 0.2) is 17.5 Å². The second-order valence-corrected chi connectivity index (χ2v) is 8.88. The monoisotopic (exact) mass is 395 g/mol. The van der Waals surface area contributed by atoms with E-state index in [0.717, 1.165) is 72.5 Å². The fraction of sp³-hybridized carbons (Fsp3) is 0.455. The predicted octanol–water partition coefficient (Wildman–Crippen LogP) is 4.55. The molecule has 0 spiro atoms. The molecular weight excluding hydrogens is 370 g/mol. The number of benzene rings is 1. The number of thiophene rings is 1. The van der Waals surface area contributed by atoms with E-state index in [9.17, 15) is 4.79 Å². The van der Waals surface area contributed by atoms with Gasteiger partial charge in [0.25, 0.3) is 5.91 Å². The number of hydrogen-bond donors (Lipinski definition) is 0. The quantitative estimate of drug-likeness (QED) is 0.639. The Kier molecular flexibility index (Phi) is 4.19. The first-order valence-electron chi connectivity index (χ1n) is 10.0. The molecule has 0 saturated carbocycles. The van der Waals surface area contributed by atoms with Crippen molar-refractivity contribution in [1.29, 1.82) is 0 Å². The molecule has 1 saturated heterocycles. The molecule has 0 bridgehead atoms. The van der Waals surface area contributed by atoms with Gasteiger partial charge in [-0.05, 0) is 62.6 Å². The van der Waals surface area contributed by atoms with Crippen LogP contribution in [0.1, 0.15) is 57.6 Å². The Hall–Kier alpha value is -2.34. The van der Waals surface area contributed by atoms with Crippen molar-refractivity contribution in [1.82, 2.24) is 14.5 Å². The number of imidazole rings is 1. The number of ether oxygens (including phenoxy) is 1. The van der Waals surface area contributed by atoms with Crippen LogP contribution >= 0.6 is 11.3 Å². The van der Waals surface area contributed by atoms with Gasteiger partial charge in [-0.25, -0.2) is 4.98 Å². The Morgan fingerprint density at radius 3 is 2.79 bits per heavy atom. The van der Waals surface area contributed by atoms with Gasteiger partial charge in [0.15, 0.2) is 5.75 Å². The topological polar surface area (TPSA) is 47.4 Å². The SMILES string of the molecule is Cc1ccsc1[C@@H]1CCc2c(C(=O)N3CCCC3)cc3c(nc(C)n3C)c2O1. The van der Waals surface area contributed by atoms with Crippen LogP contribution in [0.25, 0.3) is 11.0 Å². The number of carbonyl (C=O) groups excluding carboxylic acids is 1. The van der Waals surface area contributed by atoms with Crippen molar-refractivity contribution < 1.29 is 9.53 Å². The number of nitrogens with zero attached hydrogens (tertiary/aromatic N) is 3. The summed E-state index contributed by atoms with van der Waals surface area (Å²) >= 11 is 1.75. The van der Waals surface area contributed by atoms with Gasteiger partial charge in [0.1, 0.15) is 17.4 Å². The zero-order chi connectivity index (χ0) is 19.4. The van der Waals surface area contributed by atoms with Gasteiger partial charge < -0.3 is 14.2 Å². The van der Waals surface area contributed by atoms with Crippen molar-refractivity contribution in [3.63, 3.8) is 0 Å². The summed E-state index contributed by atoms with van der Waals surface area (Å²) in [5.74, 6) is 1.89. The second kappa shape index (κ2) is 6.62. The molecule has 0 aliphatic carbocycles. The van der Waals surface area contributed by atoms with E-state index in [1.165, 1.54) is 10.4 Å². The van der Waals surface area contributed by atoms with Crippen LogP contribution in [0.5, 0.6) is 5.75 Å². The van der Waals surface area contributed by atoms with Gasteiger partial charge in [-0.1, -0.05) is 0 Å². The van der Waals surface area contributed by atoms with Crippen LogP contribution in [0, 0.1) is 13.8 Å². The van der Waals surface area contributed by atoms with E-state index >= 15 is 0 Å². The summed E-state index contributed by atoms with van der Waals surface area (Å²) in [6.07, 6.45) is 3.97. The lowest BCUT2D eigenvalue weighted by atomic mass is 9.94. The first-order valence-corrected chi connectivity index (χ1v) is 10.9. The fourth-order valence-corrected chi connectivity index (χ4v) is 5.47. The van der Waals surface area contributed by atoms with Crippen molar-refractivity contribution in [3.05, 3.63) is 44.9 Å². The minimum Gasteiger partial charge on any atom is -0.482 e. The van der Waals surface area contributed by atoms with Gasteiger partial charge >= 0.3 is 0 Å². The maximum absolute atomic E-state index is 13.3. The molecule has 2 aromatic heterocycles. The molecule has 5 rings (SSSR count). The van der Waals surface area contributed by atoms with Gasteiger partial charge in [0.2, 0.25) is 0 Å². The molecule has 0 radical (unpaired) electrons. The molecule has 2 aliphatic heterocycles. The number of rotatable bonds is 2. The molecule has 1 amide bonds. The minimum atomic E-state index is 0.0372. The molecular formula is C22H25N3O2S. The molecule has 28 heavy (non-hydrogen) atoms. The fourth-order valence-electron chi connectivity index (χ4n) is 4.48. The van der Waals surface area contributed by atoms with Crippen molar-refractivity contribution in [2.45, 2.75) is 45.6 Å². The Bertz CT molecular complexity index is 1080. The highest BCUT2D eigenvalue weighted by Gasteiger charge is 2.32. The molecule has 1 atom stereocenters. The second-order valence-electron chi connectivity index (χ2n) is 7.93. The van der Waals surface area contributed by atoms with Gasteiger partial charge in [-0.2, -0.15) is 0 Å². The van der Waals surface area contributed by atoms with Crippen LogP contribution in [0.3, 0.4) is 0 Å². The molecule has 1 fully saturated rings. The molecule has 0 unspecified atom stereocenters. The Morgan fingerprint density at radius 1 is 1.29 bits per heavy atom. The number of aromatic nitrogens is 2. The molecule has 4 heterocycles. The zero-order valence-corrected chi connectivity index (χ0v) is 17.4. The maximum Gasteiger partial charge on any atom is 0.254 e. The van der Waals surface area contributed by atoms with Crippen LogP contribution in [0.4, 0.5) is 0 Å². The number of likely N-dealkylation sites (tertiary alicyclic amines) is 1. The predicted molar refractivity (Wildman–Crippen MR) is 111 cm³/mol. The Balaban J connectivity index is 1.66. The summed E-state index contributed by atoms with van der Waals surface area (Å²) < 4.78 is 8.61. The van der Waals surface area contributed by atoms with Crippen molar-refractivity contribution >= 4 is 28.3 Å². The van der Waals surface area contributed by atoms with Crippen LogP contribution in [0.2, 0.25) is 0 Å². The van der Waals surface area contributed by atoms with E-state index in [-0.39, 0.29) is 12.0 Å². The summed E-state index contributed by atoms with van der Waals surface area (Å²) in [5.41, 5.74) is 4.96. The summed E-state index contributed by atoms with van der Waals surface area (Å²) in [4.78, 5) is 21.3. The third-order valence-corrected chi connectivity index (χ3v) is 7.30. The number of amides is 1. The molecule has 0 N–H and O–H groups in total. The number of hydrogen-bond acceptors (Lipinski definition) is 4. The summed E-state index contributed by atoms with van der Waals surface area (Å²) in [7, 11) is 2.00. The maximum atomic E-state index is 13.3. The highest BCUT2D eigenvalue weighted by Crippen LogP contribution is 2.43. The third-order valence-electron chi connectivity index (χ3n) is 6.19. The first kappa shape index (κ1) is 17.7. The van der Waals surface area contributed by atoms with E-state index in [1.54, 1.807) is 11.3 Å². The van der Waals surface area contributed by atoms with E-state index in [0.29, 0.717) is 0 Å². The zero-order valence-electron chi connectivity index (χ0n) is 16.6. The standard InChI is InChI=1S/C22H25N3O2S/c1-13-8-11-28-21(13)18-7-6-15-16(22(26)25-9-4-5-10-25)12-17-19(20(15)27-18)23-14(2)24(17)3/h8,11-12,18H,4-7,9-10H2,1-3H3/t18-/m0/s1. The summed E-state index contributed by atoms with van der Waals surface area (Å²) in [6.45, 7) is 5.85. The molecule has 2 aliphatic rings. The largest absolute Gasteiger partial charge is 0.482 e. The van der Waals surface area contributed by atoms with E-state index in [2.05, 4.69) is 22.9 Å². The van der Waals surface area contributed by atoms with Crippen molar-refractivity contribution in [2.75, 3.05) is 13.1 Å². The third kappa shape index (κ3) is 2.65. The van der Waals surface area contributed by atoms with E-state index < -0.39 is 0 Å². The lowest BCUT2D eigenvalue weighted by Crippen LogP contribution is -2.29. The van der Waals surface area contributed by atoms with Gasteiger partial charge in [0, 0.05) is 36.1 Å². The molecule has 3 aromatic rings. The molecule has 146 valence electrons. The minimum absolute atomic E-state index is 0.0372. The average Bonchev–Trinajstić information content (AvgIpc) is 3.43. The van der Waals surface area contributed by atoms with E-state index in [1.807, 2.05) is 24.9 Å². The number of aryl methyl sites for hydroxylation is 3.